The lowest BCUT2D eigenvalue weighted by Crippen LogP contribution is -2.41. The number of nitrogens with zero attached hydrogens (tertiary/aromatic N) is 1. The first kappa shape index (κ1) is 12.7. The normalized spacial score (nSPS) is 21.3. The van der Waals surface area contributed by atoms with E-state index < -0.39 is 0 Å². The summed E-state index contributed by atoms with van der Waals surface area (Å²) in [6, 6.07) is 0. The summed E-state index contributed by atoms with van der Waals surface area (Å²) < 4.78 is 0. The predicted octanol–water partition coefficient (Wildman–Crippen LogP) is 2.40. The molecule has 0 amide bonds. The van der Waals surface area contributed by atoms with Crippen molar-refractivity contribution in [1.82, 2.24) is 4.90 Å². The van der Waals surface area contributed by atoms with Crippen LogP contribution in [-0.4, -0.2) is 31.6 Å². The minimum absolute atomic E-state index is 0.383. The van der Waals surface area contributed by atoms with Gasteiger partial charge >= 0.3 is 0 Å². The Bertz CT molecular complexity index is 181. The molecule has 1 aliphatic carbocycles. The van der Waals surface area contributed by atoms with Gasteiger partial charge in [-0.2, -0.15) is 0 Å². The van der Waals surface area contributed by atoms with Crippen molar-refractivity contribution in [3.63, 3.8) is 0 Å². The van der Waals surface area contributed by atoms with E-state index in [9.17, 15) is 0 Å². The minimum atomic E-state index is 0.383. The van der Waals surface area contributed by atoms with E-state index in [0.717, 1.165) is 19.6 Å². The summed E-state index contributed by atoms with van der Waals surface area (Å²) in [5.74, 6) is 0. The molecule has 0 aromatic heterocycles. The molecule has 2 N–H and O–H groups in total. The van der Waals surface area contributed by atoms with Gasteiger partial charge in [0.2, 0.25) is 0 Å². The van der Waals surface area contributed by atoms with Gasteiger partial charge in [-0.25, -0.2) is 0 Å². The maximum Gasteiger partial charge on any atom is 0.0157 e. The summed E-state index contributed by atoms with van der Waals surface area (Å²) >= 11 is 0. The molecule has 0 heterocycles. The van der Waals surface area contributed by atoms with Crippen LogP contribution in [0.3, 0.4) is 0 Å². The van der Waals surface area contributed by atoms with Gasteiger partial charge in [0.15, 0.2) is 0 Å². The van der Waals surface area contributed by atoms with Gasteiger partial charge in [0.25, 0.3) is 0 Å². The molecule has 0 bridgehead atoms. The Balaban J connectivity index is 2.52. The average Bonchev–Trinajstić information content (AvgIpc) is 2.44. The van der Waals surface area contributed by atoms with Crippen molar-refractivity contribution in [3.05, 3.63) is 12.7 Å². The zero-order chi connectivity index (χ0) is 11.1. The van der Waals surface area contributed by atoms with E-state index >= 15 is 0 Å². The highest BCUT2D eigenvalue weighted by Crippen LogP contribution is 2.34. The quantitative estimate of drug-likeness (QED) is 0.558. The third-order valence-electron chi connectivity index (χ3n) is 3.64. The molecule has 15 heavy (non-hydrogen) atoms. The predicted molar refractivity (Wildman–Crippen MR) is 66.9 cm³/mol. The van der Waals surface area contributed by atoms with Crippen molar-refractivity contribution < 1.29 is 0 Å². The van der Waals surface area contributed by atoms with E-state index in [1.54, 1.807) is 0 Å². The van der Waals surface area contributed by atoms with Gasteiger partial charge in [-0.15, -0.1) is 6.58 Å². The van der Waals surface area contributed by atoms with Crippen molar-refractivity contribution >= 4 is 0 Å². The van der Waals surface area contributed by atoms with Crippen LogP contribution in [0.5, 0.6) is 0 Å². The third-order valence-corrected chi connectivity index (χ3v) is 3.64. The first-order chi connectivity index (χ1) is 7.22. The van der Waals surface area contributed by atoms with Crippen LogP contribution in [0.15, 0.2) is 12.7 Å². The summed E-state index contributed by atoms with van der Waals surface area (Å²) in [5, 5.41) is 0. The smallest absolute Gasteiger partial charge is 0.0157 e. The second-order valence-electron chi connectivity index (χ2n) is 5.10. The van der Waals surface area contributed by atoms with Crippen LogP contribution in [0, 0.1) is 5.41 Å². The fraction of sp³-hybridized carbons (Fsp3) is 0.846. The summed E-state index contributed by atoms with van der Waals surface area (Å²) in [7, 11) is 2.17. The Labute approximate surface area is 94.5 Å². The van der Waals surface area contributed by atoms with Gasteiger partial charge < -0.3 is 10.6 Å². The lowest BCUT2D eigenvalue weighted by atomic mass is 9.80. The fourth-order valence-electron chi connectivity index (χ4n) is 2.76. The van der Waals surface area contributed by atoms with Gasteiger partial charge in [-0.05, 0) is 31.8 Å². The molecule has 1 saturated carbocycles. The molecule has 0 aromatic carbocycles. The van der Waals surface area contributed by atoms with Crippen LogP contribution in [0.2, 0.25) is 0 Å². The average molecular weight is 210 g/mol. The SMILES string of the molecule is C=CCN(C)CC1(CN)CCCCCC1. The van der Waals surface area contributed by atoms with Crippen molar-refractivity contribution in [2.45, 2.75) is 38.5 Å². The molecule has 0 saturated heterocycles. The highest BCUT2D eigenvalue weighted by molar-refractivity contribution is 4.86. The van der Waals surface area contributed by atoms with E-state index in [1.165, 1.54) is 38.5 Å². The van der Waals surface area contributed by atoms with Crippen LogP contribution >= 0.6 is 0 Å². The molecule has 1 aliphatic rings. The van der Waals surface area contributed by atoms with E-state index in [4.69, 9.17) is 5.73 Å². The molecular weight excluding hydrogens is 184 g/mol. The Morgan fingerprint density at radius 3 is 2.33 bits per heavy atom. The maximum atomic E-state index is 6.00. The first-order valence-electron chi connectivity index (χ1n) is 6.22. The lowest BCUT2D eigenvalue weighted by molar-refractivity contribution is 0.167. The number of rotatable bonds is 5. The molecule has 0 spiro atoms. The largest absolute Gasteiger partial charge is 0.330 e. The maximum absolute atomic E-state index is 6.00. The van der Waals surface area contributed by atoms with Crippen LogP contribution in [0.25, 0.3) is 0 Å². The molecule has 88 valence electrons. The molecule has 0 unspecified atom stereocenters. The van der Waals surface area contributed by atoms with Crippen molar-refractivity contribution in [2.75, 3.05) is 26.7 Å². The van der Waals surface area contributed by atoms with Gasteiger partial charge in [-0.1, -0.05) is 31.8 Å². The standard InChI is InChI=1S/C13H26N2/c1-3-10-15(2)12-13(11-14)8-6-4-5-7-9-13/h3H,1,4-12,14H2,2H3. The number of hydrogen-bond donors (Lipinski definition) is 1. The number of nitrogens with two attached hydrogens (primary N) is 1. The Hall–Kier alpha value is -0.340. The molecule has 2 nitrogen and oxygen atoms in total. The second-order valence-corrected chi connectivity index (χ2v) is 5.10. The molecule has 1 rings (SSSR count). The van der Waals surface area contributed by atoms with Crippen molar-refractivity contribution in [1.29, 1.82) is 0 Å². The summed E-state index contributed by atoms with van der Waals surface area (Å²) in [4.78, 5) is 2.35. The van der Waals surface area contributed by atoms with Crippen LogP contribution in [0.1, 0.15) is 38.5 Å². The fourth-order valence-corrected chi connectivity index (χ4v) is 2.76. The summed E-state index contributed by atoms with van der Waals surface area (Å²) in [5.41, 5.74) is 6.38. The van der Waals surface area contributed by atoms with Gasteiger partial charge in [-0.3, -0.25) is 0 Å². The highest BCUT2D eigenvalue weighted by Gasteiger charge is 2.30. The first-order valence-corrected chi connectivity index (χ1v) is 6.22. The topological polar surface area (TPSA) is 29.3 Å². The van der Waals surface area contributed by atoms with Crippen molar-refractivity contribution in [3.8, 4) is 0 Å². The summed E-state index contributed by atoms with van der Waals surface area (Å²) in [6.07, 6.45) is 10.1. The Kier molecular flexibility index (Phi) is 5.34. The van der Waals surface area contributed by atoms with E-state index in [0.29, 0.717) is 5.41 Å². The molecule has 0 atom stereocenters. The molecule has 2 heteroatoms. The van der Waals surface area contributed by atoms with E-state index in [-0.39, 0.29) is 0 Å². The number of hydrogen-bond acceptors (Lipinski definition) is 2. The van der Waals surface area contributed by atoms with Gasteiger partial charge in [0.05, 0.1) is 0 Å². The minimum Gasteiger partial charge on any atom is -0.330 e. The highest BCUT2D eigenvalue weighted by atomic mass is 15.1. The van der Waals surface area contributed by atoms with Gasteiger partial charge in [0, 0.05) is 13.1 Å². The van der Waals surface area contributed by atoms with E-state index in [2.05, 4.69) is 18.5 Å². The van der Waals surface area contributed by atoms with Crippen molar-refractivity contribution in [2.24, 2.45) is 11.1 Å². The zero-order valence-electron chi connectivity index (χ0n) is 10.2. The molecule has 1 fully saturated rings. The second kappa shape index (κ2) is 6.29. The number of likely N-dealkylation sites (N-methyl/N-ethyl adjacent to an activating group) is 1. The molecule has 0 radical (unpaired) electrons. The van der Waals surface area contributed by atoms with Crippen LogP contribution in [0.4, 0.5) is 0 Å². The third kappa shape index (κ3) is 3.96. The molecule has 0 aliphatic heterocycles. The monoisotopic (exact) mass is 210 g/mol. The zero-order valence-corrected chi connectivity index (χ0v) is 10.2. The Morgan fingerprint density at radius 1 is 1.27 bits per heavy atom. The lowest BCUT2D eigenvalue weighted by Gasteiger charge is -2.35. The van der Waals surface area contributed by atoms with E-state index in [1.807, 2.05) is 6.08 Å². The Morgan fingerprint density at radius 2 is 1.87 bits per heavy atom. The molecule has 0 aromatic rings. The van der Waals surface area contributed by atoms with Crippen LogP contribution in [-0.2, 0) is 0 Å². The molecular formula is C13H26N2. The van der Waals surface area contributed by atoms with Gasteiger partial charge in [0.1, 0.15) is 0 Å². The van der Waals surface area contributed by atoms with Crippen LogP contribution < -0.4 is 5.73 Å². The summed E-state index contributed by atoms with van der Waals surface area (Å²) in [6.45, 7) is 6.74.